The Morgan fingerprint density at radius 1 is 1.50 bits per heavy atom. The molecule has 1 aromatic rings. The first-order valence-electron chi connectivity index (χ1n) is 3.78. The van der Waals surface area contributed by atoms with Gasteiger partial charge in [-0.05, 0) is 29.9 Å². The Bertz CT molecular complexity index is 219. The van der Waals surface area contributed by atoms with Gasteiger partial charge >= 0.3 is 0 Å². The van der Waals surface area contributed by atoms with Gasteiger partial charge in [0.15, 0.2) is 0 Å². The smallest absolute Gasteiger partial charge is 0.00744 e. The summed E-state index contributed by atoms with van der Waals surface area (Å²) in [6.07, 6.45) is 2.70. The highest BCUT2D eigenvalue weighted by Gasteiger charge is 2.38. The molecule has 10 heavy (non-hydrogen) atoms. The highest BCUT2D eigenvalue weighted by atomic mass is 14.4. The topological polar surface area (TPSA) is 0 Å². The van der Waals surface area contributed by atoms with E-state index in [9.17, 15) is 0 Å². The third-order valence-electron chi connectivity index (χ3n) is 2.40. The van der Waals surface area contributed by atoms with Crippen LogP contribution >= 0.6 is 0 Å². The predicted molar refractivity (Wildman–Crippen MR) is 41.9 cm³/mol. The average molecular weight is 131 g/mol. The summed E-state index contributed by atoms with van der Waals surface area (Å²) in [6, 6.07) is 11.4. The lowest BCUT2D eigenvalue weighted by Gasteiger charge is -2.05. The molecule has 0 amide bonds. The molecular formula is C10H11. The van der Waals surface area contributed by atoms with Gasteiger partial charge in [-0.2, -0.15) is 0 Å². The number of benzene rings is 1. The van der Waals surface area contributed by atoms with Crippen LogP contribution in [0.25, 0.3) is 0 Å². The maximum atomic E-state index is 3.11. The zero-order valence-corrected chi connectivity index (χ0v) is 6.22. The average Bonchev–Trinajstić information content (AvgIpc) is 2.72. The van der Waals surface area contributed by atoms with E-state index in [-0.39, 0.29) is 0 Å². The van der Waals surface area contributed by atoms with Gasteiger partial charge in [-0.3, -0.25) is 0 Å². The Morgan fingerprint density at radius 3 is 2.80 bits per heavy atom. The summed E-state index contributed by atoms with van der Waals surface area (Å²) >= 11 is 0. The van der Waals surface area contributed by atoms with E-state index < -0.39 is 0 Å². The molecular weight excluding hydrogens is 120 g/mol. The maximum absolute atomic E-state index is 3.11. The molecule has 0 saturated heterocycles. The summed E-state index contributed by atoms with van der Waals surface area (Å²) in [5, 5.41) is 0. The molecule has 1 saturated carbocycles. The fourth-order valence-electron chi connectivity index (χ4n) is 1.24. The van der Waals surface area contributed by atoms with Crippen molar-refractivity contribution in [1.82, 2.24) is 0 Å². The van der Waals surface area contributed by atoms with E-state index in [0.29, 0.717) is 5.41 Å². The third-order valence-corrected chi connectivity index (χ3v) is 2.40. The maximum Gasteiger partial charge on any atom is -0.00744 e. The Kier molecular flexibility index (Phi) is 1.10. The highest BCUT2D eigenvalue weighted by Crippen LogP contribution is 2.47. The van der Waals surface area contributed by atoms with Gasteiger partial charge in [-0.15, -0.1) is 0 Å². The van der Waals surface area contributed by atoms with Gasteiger partial charge in [-0.25, -0.2) is 0 Å². The SMILES string of the molecule is CC1(c2c[c]ccc2)CC1. The lowest BCUT2D eigenvalue weighted by molar-refractivity contribution is 0.788. The first-order chi connectivity index (χ1) is 4.81. The van der Waals surface area contributed by atoms with E-state index in [4.69, 9.17) is 0 Å². The molecule has 1 radical (unpaired) electrons. The Morgan fingerprint density at radius 2 is 2.30 bits per heavy atom. The normalized spacial score (nSPS) is 20.5. The van der Waals surface area contributed by atoms with E-state index in [2.05, 4.69) is 31.2 Å². The van der Waals surface area contributed by atoms with Gasteiger partial charge in [0.05, 0.1) is 0 Å². The quantitative estimate of drug-likeness (QED) is 0.549. The molecule has 0 spiro atoms. The molecule has 51 valence electrons. The molecule has 1 aliphatic carbocycles. The van der Waals surface area contributed by atoms with Crippen LogP contribution in [0.15, 0.2) is 24.3 Å². The first kappa shape index (κ1) is 5.96. The van der Waals surface area contributed by atoms with E-state index in [1.165, 1.54) is 18.4 Å². The monoisotopic (exact) mass is 131 g/mol. The molecule has 1 fully saturated rings. The molecule has 1 aliphatic rings. The zero-order chi connectivity index (χ0) is 7.03. The lowest BCUT2D eigenvalue weighted by Crippen LogP contribution is -1.97. The van der Waals surface area contributed by atoms with Crippen LogP contribution in [0.4, 0.5) is 0 Å². The molecule has 0 aromatic heterocycles. The molecule has 0 aliphatic heterocycles. The van der Waals surface area contributed by atoms with Gasteiger partial charge < -0.3 is 0 Å². The minimum atomic E-state index is 0.512. The van der Waals surface area contributed by atoms with Crippen LogP contribution in [0.3, 0.4) is 0 Å². The molecule has 0 unspecified atom stereocenters. The van der Waals surface area contributed by atoms with Crippen molar-refractivity contribution in [3.63, 3.8) is 0 Å². The van der Waals surface area contributed by atoms with Crippen LogP contribution in [0.2, 0.25) is 0 Å². The molecule has 0 heterocycles. The fourth-order valence-corrected chi connectivity index (χ4v) is 1.24. The Hall–Kier alpha value is -0.780. The van der Waals surface area contributed by atoms with E-state index in [1.807, 2.05) is 6.07 Å². The van der Waals surface area contributed by atoms with Gasteiger partial charge in [0.2, 0.25) is 0 Å². The number of hydrogen-bond donors (Lipinski definition) is 0. The zero-order valence-electron chi connectivity index (χ0n) is 6.22. The molecule has 0 nitrogen and oxygen atoms in total. The summed E-state index contributed by atoms with van der Waals surface area (Å²) in [7, 11) is 0. The van der Waals surface area contributed by atoms with Gasteiger partial charge in [0, 0.05) is 0 Å². The standard InChI is InChI=1S/C10H11/c1-10(7-8-10)9-5-3-2-4-6-9/h2-3,5-6H,7-8H2,1H3. The Labute approximate surface area is 61.9 Å². The molecule has 2 rings (SSSR count). The number of hydrogen-bond acceptors (Lipinski definition) is 0. The van der Waals surface area contributed by atoms with Crippen molar-refractivity contribution in [3.05, 3.63) is 35.9 Å². The van der Waals surface area contributed by atoms with Crippen molar-refractivity contribution in [1.29, 1.82) is 0 Å². The van der Waals surface area contributed by atoms with E-state index in [1.54, 1.807) is 0 Å². The van der Waals surface area contributed by atoms with Crippen LogP contribution in [0.5, 0.6) is 0 Å². The van der Waals surface area contributed by atoms with Crippen LogP contribution in [-0.4, -0.2) is 0 Å². The predicted octanol–water partition coefficient (Wildman–Crippen LogP) is 2.54. The highest BCUT2D eigenvalue weighted by molar-refractivity contribution is 5.28. The van der Waals surface area contributed by atoms with Crippen LogP contribution in [0.1, 0.15) is 25.3 Å². The fraction of sp³-hybridized carbons (Fsp3) is 0.400. The summed E-state index contributed by atoms with van der Waals surface area (Å²) in [4.78, 5) is 0. The molecule has 0 bridgehead atoms. The summed E-state index contributed by atoms with van der Waals surface area (Å²) in [5.74, 6) is 0. The summed E-state index contributed by atoms with van der Waals surface area (Å²) in [5.41, 5.74) is 1.97. The van der Waals surface area contributed by atoms with Crippen molar-refractivity contribution in [3.8, 4) is 0 Å². The first-order valence-corrected chi connectivity index (χ1v) is 3.78. The molecule has 0 heteroatoms. The largest absolute Gasteiger partial charge is 0.0614 e. The second-order valence-electron chi connectivity index (χ2n) is 3.35. The minimum Gasteiger partial charge on any atom is -0.0614 e. The van der Waals surface area contributed by atoms with Gasteiger partial charge in [0.1, 0.15) is 0 Å². The summed E-state index contributed by atoms with van der Waals surface area (Å²) < 4.78 is 0. The Balaban J connectivity index is 2.35. The van der Waals surface area contributed by atoms with Crippen LogP contribution < -0.4 is 0 Å². The number of rotatable bonds is 1. The van der Waals surface area contributed by atoms with Crippen LogP contribution in [0, 0.1) is 6.07 Å². The van der Waals surface area contributed by atoms with Gasteiger partial charge in [-0.1, -0.05) is 31.2 Å². The van der Waals surface area contributed by atoms with Crippen molar-refractivity contribution in [2.45, 2.75) is 25.2 Å². The summed E-state index contributed by atoms with van der Waals surface area (Å²) in [6.45, 7) is 2.32. The van der Waals surface area contributed by atoms with Crippen molar-refractivity contribution in [2.24, 2.45) is 0 Å². The van der Waals surface area contributed by atoms with Crippen molar-refractivity contribution >= 4 is 0 Å². The molecule has 1 aromatic carbocycles. The van der Waals surface area contributed by atoms with E-state index >= 15 is 0 Å². The van der Waals surface area contributed by atoms with Crippen molar-refractivity contribution < 1.29 is 0 Å². The van der Waals surface area contributed by atoms with Crippen LogP contribution in [-0.2, 0) is 5.41 Å². The lowest BCUT2D eigenvalue weighted by atomic mass is 9.99. The van der Waals surface area contributed by atoms with Gasteiger partial charge in [0.25, 0.3) is 0 Å². The third kappa shape index (κ3) is 0.841. The second-order valence-corrected chi connectivity index (χ2v) is 3.35. The minimum absolute atomic E-state index is 0.512. The second kappa shape index (κ2) is 1.85. The molecule has 0 atom stereocenters. The van der Waals surface area contributed by atoms with E-state index in [0.717, 1.165) is 0 Å². The van der Waals surface area contributed by atoms with Crippen molar-refractivity contribution in [2.75, 3.05) is 0 Å². The molecule has 0 N–H and O–H groups in total.